The molecule has 292 valence electrons. The number of anilines is 3. The molecule has 5 rings (SSSR count). The van der Waals surface area contributed by atoms with E-state index in [1.165, 1.54) is 47.1 Å². The number of primary amides is 1. The highest BCUT2D eigenvalue weighted by molar-refractivity contribution is 7.93. The number of aromatic carboxylic acids is 1. The molecular formula is C36H40F3N7O7SSi. The first-order valence-corrected chi connectivity index (χ1v) is 22.2. The molecule has 0 aliphatic heterocycles. The number of rotatable bonds is 19. The first-order valence-electron chi connectivity index (χ1n) is 16.9. The monoisotopic (exact) mass is 799 g/mol. The van der Waals surface area contributed by atoms with Crippen LogP contribution in [0.4, 0.5) is 30.5 Å². The average Bonchev–Trinajstić information content (AvgIpc) is 3.71. The average molecular weight is 800 g/mol. The van der Waals surface area contributed by atoms with Crippen LogP contribution in [0.2, 0.25) is 25.7 Å². The lowest BCUT2D eigenvalue weighted by Gasteiger charge is -2.16. The number of carboxylic acid groups (broad SMARTS) is 1. The maximum atomic E-state index is 13.4. The summed E-state index contributed by atoms with van der Waals surface area (Å²) < 4.78 is 81.1. The second-order valence-corrected chi connectivity index (χ2v) is 20.9. The molecule has 0 aliphatic carbocycles. The summed E-state index contributed by atoms with van der Waals surface area (Å²) in [5.74, 6) is -5.80. The van der Waals surface area contributed by atoms with E-state index in [0.29, 0.717) is 24.5 Å². The molecule has 0 fully saturated rings. The van der Waals surface area contributed by atoms with Gasteiger partial charge in [0.2, 0.25) is 0 Å². The molecule has 2 aromatic heterocycles. The highest BCUT2D eigenvalue weighted by Gasteiger charge is 2.28. The number of amides is 1. The number of hydrogen-bond donors (Lipinski definition) is 4. The van der Waals surface area contributed by atoms with Crippen molar-refractivity contribution < 1.29 is 45.8 Å². The largest absolute Gasteiger partial charge is 0.491 e. The SMILES string of the molecule is C[Si](C)(C)CCOCn1nc(-c2ccc(NS(=O)(=O)C(F)F)c(OCCc3ccc(F)cc3)c2)c(C(N)=O)c1Nc1ccn(Cc2ccc(C(=O)O)cc2)n1. The summed E-state index contributed by atoms with van der Waals surface area (Å²) in [6.07, 6.45) is 1.94. The van der Waals surface area contributed by atoms with Crippen molar-refractivity contribution in [2.75, 3.05) is 23.3 Å². The molecule has 0 atom stereocenters. The van der Waals surface area contributed by atoms with Crippen LogP contribution in [0.5, 0.6) is 5.75 Å². The summed E-state index contributed by atoms with van der Waals surface area (Å²) in [5.41, 5.74) is 7.48. The van der Waals surface area contributed by atoms with Crippen LogP contribution in [-0.2, 0) is 34.5 Å². The van der Waals surface area contributed by atoms with Crippen molar-refractivity contribution in [3.8, 4) is 17.0 Å². The second-order valence-electron chi connectivity index (χ2n) is 13.7. The summed E-state index contributed by atoms with van der Waals surface area (Å²) in [7, 11) is -6.56. The number of nitrogens with zero attached hydrogens (tertiary/aromatic N) is 4. The van der Waals surface area contributed by atoms with Gasteiger partial charge in [-0.3, -0.25) is 14.2 Å². The molecule has 0 bridgehead atoms. The van der Waals surface area contributed by atoms with E-state index in [2.05, 4.69) is 35.2 Å². The number of carbonyl (C=O) groups is 2. The van der Waals surface area contributed by atoms with Gasteiger partial charge < -0.3 is 25.6 Å². The van der Waals surface area contributed by atoms with Crippen molar-refractivity contribution in [3.05, 3.63) is 107 Å². The summed E-state index contributed by atoms with van der Waals surface area (Å²) >= 11 is 0. The van der Waals surface area contributed by atoms with Crippen LogP contribution in [0.3, 0.4) is 0 Å². The minimum atomic E-state index is -5.09. The molecule has 1 amide bonds. The molecule has 19 heteroatoms. The zero-order valence-electron chi connectivity index (χ0n) is 30.1. The number of nitrogens with two attached hydrogens (primary N) is 1. The van der Waals surface area contributed by atoms with Gasteiger partial charge >= 0.3 is 11.7 Å². The molecule has 3 aromatic carbocycles. The number of ether oxygens (including phenoxy) is 2. The van der Waals surface area contributed by atoms with Crippen molar-refractivity contribution in [1.29, 1.82) is 0 Å². The van der Waals surface area contributed by atoms with E-state index >= 15 is 0 Å². The lowest BCUT2D eigenvalue weighted by Crippen LogP contribution is -2.22. The molecule has 0 saturated carbocycles. The van der Waals surface area contributed by atoms with E-state index in [1.54, 1.807) is 41.2 Å². The van der Waals surface area contributed by atoms with Crippen LogP contribution in [0.25, 0.3) is 11.3 Å². The number of benzene rings is 3. The van der Waals surface area contributed by atoms with E-state index in [9.17, 15) is 36.3 Å². The van der Waals surface area contributed by atoms with Crippen LogP contribution < -0.4 is 20.5 Å². The third kappa shape index (κ3) is 11.0. The normalized spacial score (nSPS) is 11.8. The standard InChI is InChI=1S/C36H40F3N7O7SSi/c1-55(2,3)19-18-52-22-46-34(41-30-14-16-45(42-30)21-24-4-8-25(9-5-24)35(48)49)31(33(40)47)32(43-46)26-10-13-28(44-54(50,51)36(38)39)29(20-26)53-17-15-23-6-11-27(37)12-7-23/h4-14,16,20,36,44H,15,17-19,21-22H2,1-3H3,(H2,40,47)(H,41,42)(H,48,49). The number of nitrogens with one attached hydrogen (secondary N) is 2. The molecule has 55 heavy (non-hydrogen) atoms. The summed E-state index contributed by atoms with van der Waals surface area (Å²) in [4.78, 5) is 24.4. The van der Waals surface area contributed by atoms with E-state index < -0.39 is 41.5 Å². The number of hydrogen-bond acceptors (Lipinski definition) is 9. The van der Waals surface area contributed by atoms with Crippen molar-refractivity contribution in [2.24, 2.45) is 5.73 Å². The molecule has 0 unspecified atom stereocenters. The smallest absolute Gasteiger partial charge is 0.355 e. The Kier molecular flexibility index (Phi) is 12.7. The van der Waals surface area contributed by atoms with Gasteiger partial charge in [-0.15, -0.1) is 0 Å². The summed E-state index contributed by atoms with van der Waals surface area (Å²) in [6, 6.07) is 18.4. The first-order chi connectivity index (χ1) is 26.0. The fourth-order valence-electron chi connectivity index (χ4n) is 5.23. The van der Waals surface area contributed by atoms with Crippen LogP contribution in [-0.4, -0.2) is 72.0 Å². The van der Waals surface area contributed by atoms with Crippen molar-refractivity contribution in [3.63, 3.8) is 0 Å². The summed E-state index contributed by atoms with van der Waals surface area (Å²) in [6.45, 7) is 7.15. The van der Waals surface area contributed by atoms with Gasteiger partial charge in [0, 0.05) is 38.9 Å². The number of carbonyl (C=O) groups excluding carboxylic acids is 1. The van der Waals surface area contributed by atoms with Crippen LogP contribution in [0, 0.1) is 5.82 Å². The third-order valence-corrected chi connectivity index (χ3v) is 10.8. The Labute approximate surface area is 316 Å². The fourth-order valence-corrected chi connectivity index (χ4v) is 6.55. The molecule has 5 N–H and O–H groups in total. The predicted molar refractivity (Wildman–Crippen MR) is 202 cm³/mol. The number of sulfonamides is 1. The molecule has 0 spiro atoms. The molecule has 14 nitrogen and oxygen atoms in total. The zero-order valence-corrected chi connectivity index (χ0v) is 31.9. The van der Waals surface area contributed by atoms with Gasteiger partial charge in [0.1, 0.15) is 35.4 Å². The lowest BCUT2D eigenvalue weighted by atomic mass is 10.1. The Morgan fingerprint density at radius 3 is 2.29 bits per heavy atom. The minimum Gasteiger partial charge on any atom is -0.491 e. The molecule has 0 radical (unpaired) electrons. The number of carboxylic acids is 1. The van der Waals surface area contributed by atoms with Gasteiger partial charge in [-0.2, -0.15) is 19.0 Å². The Hall–Kier alpha value is -5.66. The van der Waals surface area contributed by atoms with E-state index in [-0.39, 0.29) is 59.4 Å². The van der Waals surface area contributed by atoms with Gasteiger partial charge in [0.05, 0.1) is 24.4 Å². The zero-order chi connectivity index (χ0) is 39.9. The van der Waals surface area contributed by atoms with Crippen LogP contribution in [0.15, 0.2) is 79.0 Å². The Morgan fingerprint density at radius 2 is 1.65 bits per heavy atom. The lowest BCUT2D eigenvalue weighted by molar-refractivity contribution is 0.0696. The van der Waals surface area contributed by atoms with Crippen molar-refractivity contribution in [2.45, 2.75) is 51.1 Å². The molecule has 0 saturated heterocycles. The van der Waals surface area contributed by atoms with Crippen LogP contribution >= 0.6 is 0 Å². The first kappa shape index (κ1) is 40.5. The predicted octanol–water partition coefficient (Wildman–Crippen LogP) is 6.37. The molecule has 5 aromatic rings. The Balaban J connectivity index is 1.50. The second kappa shape index (κ2) is 17.2. The van der Waals surface area contributed by atoms with Crippen LogP contribution in [0.1, 0.15) is 31.8 Å². The summed E-state index contributed by atoms with van der Waals surface area (Å²) in [5, 5.41) is 21.5. The van der Waals surface area contributed by atoms with Gasteiger partial charge in [-0.25, -0.2) is 22.3 Å². The molecule has 2 heterocycles. The van der Waals surface area contributed by atoms with E-state index in [4.69, 9.17) is 15.2 Å². The Morgan fingerprint density at radius 1 is 0.964 bits per heavy atom. The number of halogens is 3. The number of alkyl halides is 2. The van der Waals surface area contributed by atoms with E-state index in [0.717, 1.165) is 11.6 Å². The van der Waals surface area contributed by atoms with E-state index in [1.807, 2.05) is 4.72 Å². The third-order valence-electron chi connectivity index (χ3n) is 8.14. The van der Waals surface area contributed by atoms with Gasteiger partial charge in [-0.05, 0) is 53.6 Å². The minimum absolute atomic E-state index is 0.0494. The van der Waals surface area contributed by atoms with Gasteiger partial charge in [0.15, 0.2) is 5.82 Å². The fraction of sp³-hybridized carbons (Fsp3) is 0.278. The van der Waals surface area contributed by atoms with Crippen molar-refractivity contribution in [1.82, 2.24) is 19.6 Å². The highest BCUT2D eigenvalue weighted by atomic mass is 32.2. The maximum absolute atomic E-state index is 13.4. The maximum Gasteiger partial charge on any atom is 0.355 e. The number of aromatic nitrogens is 4. The molecule has 0 aliphatic rings. The van der Waals surface area contributed by atoms with Crippen molar-refractivity contribution >= 4 is 47.3 Å². The quantitative estimate of drug-likeness (QED) is 0.0539. The molecular weight excluding hydrogens is 760 g/mol. The Bertz CT molecular complexity index is 2240. The highest BCUT2D eigenvalue weighted by Crippen LogP contribution is 2.36. The topological polar surface area (TPSA) is 193 Å². The van der Waals surface area contributed by atoms with Gasteiger partial charge in [0.25, 0.3) is 15.9 Å². The van der Waals surface area contributed by atoms with Gasteiger partial charge in [-0.1, -0.05) is 50.0 Å².